The average molecular weight is 561 g/mol. The molecule has 2 heterocycles. The molecule has 15 heteroatoms. The van der Waals surface area contributed by atoms with Gasteiger partial charge in [-0.2, -0.15) is 18.2 Å². The van der Waals surface area contributed by atoms with Crippen molar-refractivity contribution in [1.82, 2.24) is 20.4 Å². The lowest BCUT2D eigenvalue weighted by Crippen LogP contribution is -2.47. The number of carbonyl (C=O) groups is 3. The summed E-state index contributed by atoms with van der Waals surface area (Å²) in [6, 6.07) is 6.89. The number of hydrogen-bond acceptors (Lipinski definition) is 9. The average Bonchev–Trinajstić information content (AvgIpc) is 3.38. The molecule has 0 aliphatic carbocycles. The van der Waals surface area contributed by atoms with Crippen molar-refractivity contribution in [3.8, 4) is 0 Å². The maximum absolute atomic E-state index is 13.2. The summed E-state index contributed by atoms with van der Waals surface area (Å²) >= 11 is 0. The molecule has 208 valence electrons. The van der Waals surface area contributed by atoms with Crippen LogP contribution in [0.1, 0.15) is 41.8 Å². The van der Waals surface area contributed by atoms with Crippen molar-refractivity contribution in [2.75, 3.05) is 32.1 Å². The largest absolute Gasteiger partial charge is 0.471 e. The number of alkyl halides is 3. The zero-order valence-electron chi connectivity index (χ0n) is 20.4. The molecule has 1 N–H and O–H groups in total. The molecule has 1 fully saturated rings. The minimum absolute atomic E-state index is 0.0681. The second-order valence-electron chi connectivity index (χ2n) is 8.69. The summed E-state index contributed by atoms with van der Waals surface area (Å²) in [5.41, 5.74) is 0.491. The Balaban J connectivity index is 1.78. The smallest absolute Gasteiger partial charge is 0.378 e. The number of morpholine rings is 1. The standard InChI is InChI=1S/C23H27F3N4O7S/c1-2-17(19(32)20-28-22(37-29-20)23(24,25)26)27-21(33)16(12-18(31)30-8-10-36-11-9-30)14-38(34,35)13-15-6-4-3-5-7-15/h3-7,16-17H,2,8-14H2,1H3,(H,27,33)/t16?,17-/m0/s1. The van der Waals surface area contributed by atoms with E-state index < -0.39 is 69.5 Å². The molecule has 2 atom stereocenters. The van der Waals surface area contributed by atoms with Gasteiger partial charge >= 0.3 is 12.1 Å². The molecule has 0 bridgehead atoms. The molecule has 11 nitrogen and oxygen atoms in total. The van der Waals surface area contributed by atoms with Gasteiger partial charge in [-0.25, -0.2) is 8.42 Å². The number of Topliss-reactive ketones (excluding diaryl/α,β-unsaturated/α-hetero) is 1. The molecule has 2 amide bonds. The number of ether oxygens (including phenoxy) is 1. The first-order valence-electron chi connectivity index (χ1n) is 11.7. The lowest BCUT2D eigenvalue weighted by molar-refractivity contribution is -0.159. The van der Waals surface area contributed by atoms with Gasteiger partial charge in [0.2, 0.25) is 23.4 Å². The highest BCUT2D eigenvalue weighted by atomic mass is 32.2. The number of rotatable bonds is 11. The number of benzene rings is 1. The highest BCUT2D eigenvalue weighted by Crippen LogP contribution is 2.27. The molecule has 1 aromatic carbocycles. The number of ketones is 1. The van der Waals surface area contributed by atoms with Gasteiger partial charge in [-0.05, 0) is 12.0 Å². The fraction of sp³-hybridized carbons (Fsp3) is 0.522. The molecule has 3 rings (SSSR count). The Bertz CT molecular complexity index is 1230. The summed E-state index contributed by atoms with van der Waals surface area (Å²) in [7, 11) is -3.89. The first kappa shape index (κ1) is 29.2. The van der Waals surface area contributed by atoms with Crippen LogP contribution >= 0.6 is 0 Å². The molecule has 0 spiro atoms. The predicted molar refractivity (Wildman–Crippen MR) is 125 cm³/mol. The Kier molecular flexibility index (Phi) is 9.60. The SMILES string of the molecule is CC[C@H](NC(=O)C(CC(=O)N1CCOCC1)CS(=O)(=O)Cc1ccccc1)C(=O)c1noc(C(F)(F)F)n1. The van der Waals surface area contributed by atoms with Crippen LogP contribution in [0, 0.1) is 5.92 Å². The van der Waals surface area contributed by atoms with E-state index in [0.717, 1.165) is 0 Å². The van der Waals surface area contributed by atoms with Gasteiger partial charge in [0.25, 0.3) is 0 Å². The molecule has 1 saturated heterocycles. The third-order valence-corrected chi connectivity index (χ3v) is 7.45. The summed E-state index contributed by atoms with van der Waals surface area (Å²) in [6.45, 7) is 2.63. The van der Waals surface area contributed by atoms with Crippen LogP contribution < -0.4 is 5.32 Å². The second kappa shape index (κ2) is 12.5. The van der Waals surface area contributed by atoms with Crippen LogP contribution in [0.3, 0.4) is 0 Å². The quantitative estimate of drug-likeness (QED) is 0.405. The van der Waals surface area contributed by atoms with Gasteiger partial charge in [0.05, 0.1) is 36.7 Å². The van der Waals surface area contributed by atoms with E-state index in [1.165, 1.54) is 11.8 Å². The minimum Gasteiger partial charge on any atom is -0.378 e. The van der Waals surface area contributed by atoms with Crippen LogP contribution in [-0.2, 0) is 36.1 Å². The van der Waals surface area contributed by atoms with Gasteiger partial charge < -0.3 is 19.5 Å². The predicted octanol–water partition coefficient (Wildman–Crippen LogP) is 1.65. The number of aromatic nitrogens is 2. The number of halogens is 3. The fourth-order valence-electron chi connectivity index (χ4n) is 3.81. The first-order valence-corrected chi connectivity index (χ1v) is 13.6. The van der Waals surface area contributed by atoms with Gasteiger partial charge in [-0.1, -0.05) is 42.4 Å². The third-order valence-electron chi connectivity index (χ3n) is 5.77. The van der Waals surface area contributed by atoms with Crippen LogP contribution in [0.5, 0.6) is 0 Å². The molecular formula is C23H27F3N4O7S. The van der Waals surface area contributed by atoms with Crippen LogP contribution in [0.4, 0.5) is 13.2 Å². The van der Waals surface area contributed by atoms with E-state index in [-0.39, 0.29) is 25.3 Å². The van der Waals surface area contributed by atoms with E-state index in [9.17, 15) is 36.0 Å². The number of amides is 2. The van der Waals surface area contributed by atoms with Gasteiger partial charge in [-0.3, -0.25) is 14.4 Å². The van der Waals surface area contributed by atoms with Gasteiger partial charge in [0.1, 0.15) is 0 Å². The van der Waals surface area contributed by atoms with Crippen molar-refractivity contribution in [2.45, 2.75) is 37.7 Å². The molecule has 0 saturated carbocycles. The zero-order valence-corrected chi connectivity index (χ0v) is 21.3. The highest BCUT2D eigenvalue weighted by Gasteiger charge is 2.40. The first-order chi connectivity index (χ1) is 17.9. The van der Waals surface area contributed by atoms with E-state index in [1.807, 2.05) is 0 Å². The highest BCUT2D eigenvalue weighted by molar-refractivity contribution is 7.90. The van der Waals surface area contributed by atoms with Gasteiger partial charge in [0.15, 0.2) is 9.84 Å². The number of nitrogens with zero attached hydrogens (tertiary/aromatic N) is 3. The van der Waals surface area contributed by atoms with Crippen molar-refractivity contribution in [3.63, 3.8) is 0 Å². The molecule has 1 unspecified atom stereocenters. The lowest BCUT2D eigenvalue weighted by atomic mass is 10.0. The molecule has 1 aromatic heterocycles. The van der Waals surface area contributed by atoms with Crippen molar-refractivity contribution in [2.24, 2.45) is 5.92 Å². The van der Waals surface area contributed by atoms with Crippen LogP contribution in [0.25, 0.3) is 0 Å². The van der Waals surface area contributed by atoms with Crippen LogP contribution in [0.15, 0.2) is 34.9 Å². The number of nitrogens with one attached hydrogen (secondary N) is 1. The Hall–Kier alpha value is -3.33. The van der Waals surface area contributed by atoms with Crippen LogP contribution in [0.2, 0.25) is 0 Å². The molecule has 0 radical (unpaired) electrons. The summed E-state index contributed by atoms with van der Waals surface area (Å²) in [6.07, 6.45) is -5.49. The lowest BCUT2D eigenvalue weighted by Gasteiger charge is -2.28. The monoisotopic (exact) mass is 560 g/mol. The Morgan fingerprint density at radius 1 is 1.13 bits per heavy atom. The molecule has 1 aliphatic heterocycles. The molecule has 2 aromatic rings. The molecule has 1 aliphatic rings. The Morgan fingerprint density at radius 2 is 1.79 bits per heavy atom. The molecule has 38 heavy (non-hydrogen) atoms. The van der Waals surface area contributed by atoms with E-state index in [1.54, 1.807) is 30.3 Å². The maximum Gasteiger partial charge on any atom is 0.471 e. The zero-order chi connectivity index (χ0) is 27.9. The van der Waals surface area contributed by atoms with Gasteiger partial charge in [0, 0.05) is 19.5 Å². The van der Waals surface area contributed by atoms with E-state index >= 15 is 0 Å². The minimum atomic E-state index is -4.96. The summed E-state index contributed by atoms with van der Waals surface area (Å²) in [5, 5.41) is 5.40. The van der Waals surface area contributed by atoms with E-state index in [4.69, 9.17) is 4.74 Å². The Morgan fingerprint density at radius 3 is 2.37 bits per heavy atom. The third kappa shape index (κ3) is 8.08. The van der Waals surface area contributed by atoms with Crippen LogP contribution in [-0.4, -0.2) is 79.2 Å². The Labute approximate surface area is 216 Å². The maximum atomic E-state index is 13.2. The summed E-state index contributed by atoms with van der Waals surface area (Å²) in [5.74, 6) is -7.46. The second-order valence-corrected chi connectivity index (χ2v) is 10.8. The van der Waals surface area contributed by atoms with Crippen molar-refractivity contribution in [3.05, 3.63) is 47.6 Å². The van der Waals surface area contributed by atoms with Crippen molar-refractivity contribution >= 4 is 27.4 Å². The molecular weight excluding hydrogens is 533 g/mol. The van der Waals surface area contributed by atoms with Crippen molar-refractivity contribution < 1.29 is 45.2 Å². The number of carbonyl (C=O) groups excluding carboxylic acids is 3. The number of hydrogen-bond donors (Lipinski definition) is 1. The van der Waals surface area contributed by atoms with Crippen molar-refractivity contribution in [1.29, 1.82) is 0 Å². The van der Waals surface area contributed by atoms with E-state index in [2.05, 4.69) is 20.0 Å². The van der Waals surface area contributed by atoms with Gasteiger partial charge in [-0.15, -0.1) is 0 Å². The van der Waals surface area contributed by atoms with E-state index in [0.29, 0.717) is 18.8 Å². The summed E-state index contributed by atoms with van der Waals surface area (Å²) in [4.78, 5) is 43.2. The topological polar surface area (TPSA) is 149 Å². The summed E-state index contributed by atoms with van der Waals surface area (Å²) < 4.78 is 73.5. The number of sulfone groups is 1. The normalized spacial score (nSPS) is 16.1. The fourth-order valence-corrected chi connectivity index (χ4v) is 5.51.